The highest BCUT2D eigenvalue weighted by Gasteiger charge is 2.28. The Morgan fingerprint density at radius 2 is 1.94 bits per heavy atom. The average Bonchev–Trinajstić information content (AvgIpc) is 3.23. The van der Waals surface area contributed by atoms with E-state index in [0.717, 1.165) is 48.3 Å². The van der Waals surface area contributed by atoms with Crippen LogP contribution in [-0.4, -0.2) is 33.7 Å². The molecule has 5 nitrogen and oxygen atoms in total. The molecule has 3 aromatic rings. The van der Waals surface area contributed by atoms with E-state index < -0.39 is 6.43 Å². The molecule has 166 valence electrons. The zero-order valence-corrected chi connectivity index (χ0v) is 18.3. The van der Waals surface area contributed by atoms with Gasteiger partial charge in [-0.1, -0.05) is 12.1 Å². The molecule has 0 saturated carbocycles. The Balaban J connectivity index is 1.62. The van der Waals surface area contributed by atoms with Gasteiger partial charge in [0.05, 0.1) is 6.20 Å². The standard InChI is InChI=1S/C25H26F2N4O/c1-16(32)30-10-8-17-5-3-7-23(22(17)15-30)31-9-4-6-18-11-20(19-13-28-29(2)14-19)21(25(26)27)12-24(18)31/h3,5,7,11-14,25H,4,6,8-10,15H2,1-2H3. The fraction of sp³-hybridized carbons (Fsp3) is 0.360. The molecule has 0 radical (unpaired) electrons. The van der Waals surface area contributed by atoms with Crippen LogP contribution in [0.5, 0.6) is 0 Å². The van der Waals surface area contributed by atoms with E-state index in [1.807, 2.05) is 17.0 Å². The van der Waals surface area contributed by atoms with Crippen LogP contribution in [0.1, 0.15) is 42.0 Å². The summed E-state index contributed by atoms with van der Waals surface area (Å²) in [6.45, 7) is 3.63. The monoisotopic (exact) mass is 436 g/mol. The number of aryl methyl sites for hydroxylation is 2. The van der Waals surface area contributed by atoms with E-state index >= 15 is 0 Å². The smallest absolute Gasteiger partial charge is 0.264 e. The van der Waals surface area contributed by atoms with Crippen molar-refractivity contribution in [2.45, 2.75) is 39.2 Å². The second-order valence-electron chi connectivity index (χ2n) is 8.63. The van der Waals surface area contributed by atoms with Crippen molar-refractivity contribution in [3.8, 4) is 11.1 Å². The van der Waals surface area contributed by atoms with Gasteiger partial charge in [0.2, 0.25) is 5.91 Å². The zero-order chi connectivity index (χ0) is 22.4. The highest BCUT2D eigenvalue weighted by Crippen LogP contribution is 2.43. The summed E-state index contributed by atoms with van der Waals surface area (Å²) < 4.78 is 29.9. The van der Waals surface area contributed by atoms with Crippen molar-refractivity contribution in [1.82, 2.24) is 14.7 Å². The first-order chi connectivity index (χ1) is 15.4. The van der Waals surface area contributed by atoms with E-state index in [4.69, 9.17) is 0 Å². The molecule has 3 heterocycles. The van der Waals surface area contributed by atoms with E-state index in [-0.39, 0.29) is 11.5 Å². The molecular weight excluding hydrogens is 410 g/mol. The van der Waals surface area contributed by atoms with Crippen LogP contribution in [0.2, 0.25) is 0 Å². The maximum absolute atomic E-state index is 14.1. The van der Waals surface area contributed by atoms with E-state index in [9.17, 15) is 13.6 Å². The minimum Gasteiger partial charge on any atom is -0.341 e. The zero-order valence-electron chi connectivity index (χ0n) is 18.3. The van der Waals surface area contributed by atoms with Gasteiger partial charge in [0.15, 0.2) is 0 Å². The normalized spacial score (nSPS) is 15.7. The largest absolute Gasteiger partial charge is 0.341 e. The molecule has 2 aliphatic heterocycles. The van der Waals surface area contributed by atoms with Crippen molar-refractivity contribution in [1.29, 1.82) is 0 Å². The molecule has 2 aromatic carbocycles. The number of carbonyl (C=O) groups excluding carboxylic acids is 1. The molecule has 0 saturated heterocycles. The third-order valence-electron chi connectivity index (χ3n) is 6.60. The van der Waals surface area contributed by atoms with E-state index in [1.54, 1.807) is 37.1 Å². The van der Waals surface area contributed by atoms with Crippen molar-refractivity contribution in [2.24, 2.45) is 7.05 Å². The summed E-state index contributed by atoms with van der Waals surface area (Å²) >= 11 is 0. The Hall–Kier alpha value is -3.22. The lowest BCUT2D eigenvalue weighted by Gasteiger charge is -2.37. The van der Waals surface area contributed by atoms with Gasteiger partial charge in [-0.3, -0.25) is 9.48 Å². The molecule has 0 fully saturated rings. The average molecular weight is 437 g/mol. The van der Waals surface area contributed by atoms with Gasteiger partial charge in [-0.05, 0) is 59.7 Å². The van der Waals surface area contributed by atoms with Gasteiger partial charge in [-0.25, -0.2) is 8.78 Å². The van der Waals surface area contributed by atoms with Crippen molar-refractivity contribution >= 4 is 17.3 Å². The summed E-state index contributed by atoms with van der Waals surface area (Å²) in [5.74, 6) is 0.0607. The predicted molar refractivity (Wildman–Crippen MR) is 120 cm³/mol. The molecule has 0 unspecified atom stereocenters. The highest BCUT2D eigenvalue weighted by atomic mass is 19.3. The van der Waals surface area contributed by atoms with Crippen LogP contribution in [-0.2, 0) is 31.2 Å². The molecule has 32 heavy (non-hydrogen) atoms. The van der Waals surface area contributed by atoms with Crippen LogP contribution in [0.15, 0.2) is 42.7 Å². The number of nitrogens with zero attached hydrogens (tertiary/aromatic N) is 4. The molecule has 0 atom stereocenters. The number of benzene rings is 2. The van der Waals surface area contributed by atoms with Crippen LogP contribution in [0.25, 0.3) is 11.1 Å². The minimum absolute atomic E-state index is 0.0267. The van der Waals surface area contributed by atoms with Gasteiger partial charge in [0.25, 0.3) is 6.43 Å². The van der Waals surface area contributed by atoms with E-state index in [2.05, 4.69) is 22.1 Å². The van der Waals surface area contributed by atoms with Gasteiger partial charge in [0.1, 0.15) is 0 Å². The van der Waals surface area contributed by atoms with Crippen LogP contribution < -0.4 is 4.90 Å². The third-order valence-corrected chi connectivity index (χ3v) is 6.60. The first-order valence-electron chi connectivity index (χ1n) is 11.0. The number of amides is 1. The van der Waals surface area contributed by atoms with Crippen LogP contribution in [0.4, 0.5) is 20.2 Å². The number of hydrogen-bond acceptors (Lipinski definition) is 3. The summed E-state index contributed by atoms with van der Waals surface area (Å²) in [6.07, 6.45) is 3.42. The van der Waals surface area contributed by atoms with E-state index in [0.29, 0.717) is 24.2 Å². The SMILES string of the molecule is CC(=O)N1CCc2cccc(N3CCCc4cc(-c5cnn(C)c5)c(C(F)F)cc43)c2C1. The summed E-state index contributed by atoms with van der Waals surface area (Å²) in [4.78, 5) is 16.0. The molecule has 0 aliphatic carbocycles. The number of anilines is 2. The maximum atomic E-state index is 14.1. The summed E-state index contributed by atoms with van der Waals surface area (Å²) in [6, 6.07) is 9.76. The fourth-order valence-corrected chi connectivity index (χ4v) is 4.97. The number of aromatic nitrogens is 2. The van der Waals surface area contributed by atoms with Crippen molar-refractivity contribution < 1.29 is 13.6 Å². The van der Waals surface area contributed by atoms with E-state index in [1.165, 1.54) is 5.56 Å². The molecule has 0 N–H and O–H groups in total. The van der Waals surface area contributed by atoms with Crippen molar-refractivity contribution in [2.75, 3.05) is 18.0 Å². The van der Waals surface area contributed by atoms with Gasteiger partial charge < -0.3 is 9.80 Å². The topological polar surface area (TPSA) is 41.4 Å². The Labute approximate surface area is 186 Å². The van der Waals surface area contributed by atoms with Crippen LogP contribution in [0.3, 0.4) is 0 Å². The molecule has 5 rings (SSSR count). The van der Waals surface area contributed by atoms with Gasteiger partial charge >= 0.3 is 0 Å². The lowest BCUT2D eigenvalue weighted by atomic mass is 9.91. The molecule has 1 aromatic heterocycles. The Bertz CT molecular complexity index is 1190. The Kier molecular flexibility index (Phi) is 5.19. The van der Waals surface area contributed by atoms with Gasteiger partial charge in [-0.15, -0.1) is 0 Å². The predicted octanol–water partition coefficient (Wildman–Crippen LogP) is 5.01. The minimum atomic E-state index is -2.59. The molecule has 2 aliphatic rings. The molecule has 1 amide bonds. The number of rotatable bonds is 3. The fourth-order valence-electron chi connectivity index (χ4n) is 4.97. The highest BCUT2D eigenvalue weighted by molar-refractivity contribution is 5.79. The number of alkyl halides is 2. The maximum Gasteiger partial charge on any atom is 0.264 e. The van der Waals surface area contributed by atoms with Crippen molar-refractivity contribution in [3.05, 3.63) is 65.0 Å². The second kappa shape index (κ2) is 8.04. The quantitative estimate of drug-likeness (QED) is 0.579. The second-order valence-corrected chi connectivity index (χ2v) is 8.63. The number of hydrogen-bond donors (Lipinski definition) is 0. The molecule has 7 heteroatoms. The lowest BCUT2D eigenvalue weighted by Crippen LogP contribution is -2.36. The van der Waals surface area contributed by atoms with Crippen LogP contribution in [0, 0.1) is 0 Å². The number of fused-ring (bicyclic) bond motifs is 2. The van der Waals surface area contributed by atoms with Gasteiger partial charge in [-0.2, -0.15) is 5.10 Å². The van der Waals surface area contributed by atoms with Crippen molar-refractivity contribution in [3.63, 3.8) is 0 Å². The Morgan fingerprint density at radius 3 is 2.66 bits per heavy atom. The Morgan fingerprint density at radius 1 is 1.09 bits per heavy atom. The summed E-state index contributed by atoms with van der Waals surface area (Å²) in [5.41, 5.74) is 6.56. The number of carbonyl (C=O) groups is 1. The molecule has 0 bridgehead atoms. The molecule has 0 spiro atoms. The first kappa shape index (κ1) is 20.7. The molecular formula is C25H26F2N4O. The van der Waals surface area contributed by atoms with Crippen LogP contribution >= 0.6 is 0 Å². The van der Waals surface area contributed by atoms with Gasteiger partial charge in [0, 0.05) is 62.3 Å². The lowest BCUT2D eigenvalue weighted by molar-refractivity contribution is -0.129. The summed E-state index contributed by atoms with van der Waals surface area (Å²) in [5, 5.41) is 4.17. The third kappa shape index (κ3) is 3.55. The number of halogens is 2. The summed E-state index contributed by atoms with van der Waals surface area (Å²) in [7, 11) is 1.79. The first-order valence-corrected chi connectivity index (χ1v) is 11.0.